The lowest BCUT2D eigenvalue weighted by Crippen LogP contribution is -2.15. The molecule has 6 heteroatoms. The predicted molar refractivity (Wildman–Crippen MR) is 130 cm³/mol. The zero-order valence-corrected chi connectivity index (χ0v) is 19.8. The van der Waals surface area contributed by atoms with E-state index in [9.17, 15) is 9.59 Å². The summed E-state index contributed by atoms with van der Waals surface area (Å²) in [6.45, 7) is 8.50. The van der Waals surface area contributed by atoms with Gasteiger partial charge in [0.05, 0.1) is 13.2 Å². The molecule has 0 bridgehead atoms. The number of esters is 1. The van der Waals surface area contributed by atoms with Gasteiger partial charge in [-0.1, -0.05) is 42.5 Å². The van der Waals surface area contributed by atoms with Gasteiger partial charge < -0.3 is 14.8 Å². The van der Waals surface area contributed by atoms with Crippen LogP contribution in [0.15, 0.2) is 48.5 Å². The lowest BCUT2D eigenvalue weighted by atomic mass is 10.0. The summed E-state index contributed by atoms with van der Waals surface area (Å²) in [4.78, 5) is 26.3. The van der Waals surface area contributed by atoms with Crippen LogP contribution in [0.1, 0.15) is 46.1 Å². The van der Waals surface area contributed by atoms with Gasteiger partial charge in [0.2, 0.25) is 5.91 Å². The van der Waals surface area contributed by atoms with Crippen LogP contribution in [0, 0.1) is 20.8 Å². The molecule has 1 heterocycles. The Labute approximate surface area is 193 Å². The topological polar surface area (TPSA) is 64.6 Å². The van der Waals surface area contributed by atoms with Gasteiger partial charge in [-0.3, -0.25) is 4.79 Å². The molecule has 0 saturated heterocycles. The number of rotatable bonds is 9. The molecule has 0 aliphatic heterocycles. The molecule has 168 valence electrons. The van der Waals surface area contributed by atoms with Crippen LogP contribution in [0.3, 0.4) is 0 Å². The minimum Gasteiger partial charge on any atom is -0.493 e. The number of carbonyl (C=O) groups excluding carboxylic acids is 2. The van der Waals surface area contributed by atoms with E-state index >= 15 is 0 Å². The number of amides is 1. The quantitative estimate of drug-likeness (QED) is 0.306. The highest BCUT2D eigenvalue weighted by atomic mass is 32.1. The van der Waals surface area contributed by atoms with Crippen LogP contribution >= 0.6 is 11.3 Å². The normalized spacial score (nSPS) is 10.6. The van der Waals surface area contributed by atoms with E-state index in [1.54, 1.807) is 6.92 Å². The van der Waals surface area contributed by atoms with Gasteiger partial charge in [0.1, 0.15) is 16.3 Å². The average molecular weight is 452 g/mol. The highest BCUT2D eigenvalue weighted by Crippen LogP contribution is 2.40. The minimum absolute atomic E-state index is 0.152. The molecule has 0 aliphatic carbocycles. The van der Waals surface area contributed by atoms with E-state index in [0.29, 0.717) is 30.0 Å². The first-order valence-corrected chi connectivity index (χ1v) is 11.6. The van der Waals surface area contributed by atoms with E-state index < -0.39 is 5.97 Å². The summed E-state index contributed by atoms with van der Waals surface area (Å²) in [7, 11) is 0. The van der Waals surface area contributed by atoms with E-state index in [1.165, 1.54) is 16.9 Å². The molecular weight excluding hydrogens is 422 g/mol. The molecule has 0 radical (unpaired) electrons. The van der Waals surface area contributed by atoms with Gasteiger partial charge in [0, 0.05) is 16.9 Å². The average Bonchev–Trinajstić information content (AvgIpc) is 3.10. The van der Waals surface area contributed by atoms with Crippen LogP contribution < -0.4 is 10.1 Å². The fourth-order valence-corrected chi connectivity index (χ4v) is 4.55. The van der Waals surface area contributed by atoms with Crippen LogP contribution in [-0.2, 0) is 9.53 Å². The van der Waals surface area contributed by atoms with Gasteiger partial charge in [0.25, 0.3) is 0 Å². The molecule has 1 N–H and O–H groups in total. The Kier molecular flexibility index (Phi) is 8.06. The lowest BCUT2D eigenvalue weighted by Gasteiger charge is -2.11. The van der Waals surface area contributed by atoms with Crippen LogP contribution in [0.5, 0.6) is 5.75 Å². The first kappa shape index (κ1) is 23.5. The van der Waals surface area contributed by atoms with Crippen LogP contribution in [0.4, 0.5) is 5.00 Å². The van der Waals surface area contributed by atoms with E-state index in [2.05, 4.69) is 5.32 Å². The molecule has 0 atom stereocenters. The molecule has 0 unspecified atom stereocenters. The molecule has 3 rings (SSSR count). The summed E-state index contributed by atoms with van der Waals surface area (Å²) in [5, 5.41) is 3.45. The molecule has 1 amide bonds. The first-order chi connectivity index (χ1) is 15.4. The Morgan fingerprint density at radius 2 is 1.75 bits per heavy atom. The van der Waals surface area contributed by atoms with Crippen LogP contribution in [0.25, 0.3) is 11.1 Å². The minimum atomic E-state index is -0.427. The van der Waals surface area contributed by atoms with Crippen molar-refractivity contribution in [2.45, 2.75) is 40.5 Å². The van der Waals surface area contributed by atoms with E-state index in [1.807, 2.05) is 69.3 Å². The van der Waals surface area contributed by atoms with Crippen molar-refractivity contribution in [3.63, 3.8) is 0 Å². The highest BCUT2D eigenvalue weighted by molar-refractivity contribution is 7.17. The van der Waals surface area contributed by atoms with E-state index in [4.69, 9.17) is 9.47 Å². The number of benzene rings is 2. The second kappa shape index (κ2) is 11.0. The highest BCUT2D eigenvalue weighted by Gasteiger charge is 2.25. The largest absolute Gasteiger partial charge is 0.493 e. The van der Waals surface area contributed by atoms with Crippen molar-refractivity contribution >= 4 is 28.2 Å². The van der Waals surface area contributed by atoms with Crippen molar-refractivity contribution < 1.29 is 19.1 Å². The number of aryl methyl sites for hydroxylation is 2. The summed E-state index contributed by atoms with van der Waals surface area (Å²) in [6.07, 6.45) is 0.870. The van der Waals surface area contributed by atoms with Gasteiger partial charge in [0.15, 0.2) is 0 Å². The van der Waals surface area contributed by atoms with Crippen molar-refractivity contribution in [3.8, 4) is 16.9 Å². The fourth-order valence-electron chi connectivity index (χ4n) is 3.47. The maximum atomic E-state index is 12.7. The van der Waals surface area contributed by atoms with E-state index in [-0.39, 0.29) is 12.5 Å². The third-order valence-corrected chi connectivity index (χ3v) is 6.26. The second-order valence-corrected chi connectivity index (χ2v) is 8.75. The summed E-state index contributed by atoms with van der Waals surface area (Å²) in [5.74, 6) is 0.265. The third kappa shape index (κ3) is 5.56. The Bertz CT molecular complexity index is 1090. The second-order valence-electron chi connectivity index (χ2n) is 7.52. The van der Waals surface area contributed by atoms with E-state index in [0.717, 1.165) is 27.3 Å². The van der Waals surface area contributed by atoms with Gasteiger partial charge in [-0.15, -0.1) is 11.3 Å². The summed E-state index contributed by atoms with van der Waals surface area (Å²) >= 11 is 1.39. The number of thiophene rings is 1. The number of ether oxygens (including phenoxy) is 2. The van der Waals surface area contributed by atoms with Crippen molar-refractivity contribution in [2.75, 3.05) is 18.5 Å². The Morgan fingerprint density at radius 3 is 2.47 bits per heavy atom. The summed E-state index contributed by atoms with van der Waals surface area (Å²) in [5.41, 5.74) is 4.43. The van der Waals surface area contributed by atoms with Gasteiger partial charge >= 0.3 is 5.97 Å². The SMILES string of the molecule is CCOC(=O)c1c(NC(=O)CCCOc2cccc(C)c2C)sc(C)c1-c1ccccc1. The monoisotopic (exact) mass is 451 g/mol. The molecule has 3 aromatic rings. The van der Waals surface area contributed by atoms with Crippen LogP contribution in [-0.4, -0.2) is 25.1 Å². The third-order valence-electron chi connectivity index (χ3n) is 5.24. The molecule has 32 heavy (non-hydrogen) atoms. The maximum Gasteiger partial charge on any atom is 0.341 e. The molecule has 2 aromatic carbocycles. The molecule has 0 saturated carbocycles. The smallest absolute Gasteiger partial charge is 0.341 e. The Morgan fingerprint density at radius 1 is 1.00 bits per heavy atom. The molecule has 5 nitrogen and oxygen atoms in total. The van der Waals surface area contributed by atoms with Crippen molar-refractivity contribution in [2.24, 2.45) is 0 Å². The molecule has 0 fully saturated rings. The molecule has 0 aliphatic rings. The zero-order valence-electron chi connectivity index (χ0n) is 19.0. The molecule has 0 spiro atoms. The zero-order chi connectivity index (χ0) is 23.1. The fraction of sp³-hybridized carbons (Fsp3) is 0.308. The maximum absolute atomic E-state index is 12.7. The van der Waals surface area contributed by atoms with Crippen molar-refractivity contribution in [1.29, 1.82) is 0 Å². The lowest BCUT2D eigenvalue weighted by molar-refractivity contribution is -0.116. The van der Waals surface area contributed by atoms with Crippen molar-refractivity contribution in [3.05, 3.63) is 70.1 Å². The number of nitrogens with one attached hydrogen (secondary N) is 1. The van der Waals surface area contributed by atoms with Crippen LogP contribution in [0.2, 0.25) is 0 Å². The Hall–Kier alpha value is -3.12. The summed E-state index contributed by atoms with van der Waals surface area (Å²) in [6, 6.07) is 15.6. The standard InChI is InChI=1S/C26H29NO4S/c1-5-30-26(29)24-23(20-12-7-6-8-13-20)19(4)32-25(24)27-22(28)15-10-16-31-21-14-9-11-17(2)18(21)3/h6-9,11-14H,5,10,15-16H2,1-4H3,(H,27,28). The number of carbonyl (C=O) groups is 2. The van der Waals surface area contributed by atoms with Gasteiger partial charge in [-0.25, -0.2) is 4.79 Å². The van der Waals surface area contributed by atoms with Crippen molar-refractivity contribution in [1.82, 2.24) is 0 Å². The Balaban J connectivity index is 1.69. The molecule has 1 aromatic heterocycles. The number of hydrogen-bond acceptors (Lipinski definition) is 5. The number of anilines is 1. The predicted octanol–water partition coefficient (Wildman–Crippen LogP) is 6.31. The summed E-state index contributed by atoms with van der Waals surface area (Å²) < 4.78 is 11.1. The molecular formula is C26H29NO4S. The van der Waals surface area contributed by atoms with Gasteiger partial charge in [-0.05, 0) is 56.9 Å². The first-order valence-electron chi connectivity index (χ1n) is 10.8. The van der Waals surface area contributed by atoms with Gasteiger partial charge in [-0.2, -0.15) is 0 Å². The number of hydrogen-bond donors (Lipinski definition) is 1.